The van der Waals surface area contributed by atoms with E-state index in [0.717, 1.165) is 55.2 Å². The van der Waals surface area contributed by atoms with Gasteiger partial charge in [0, 0.05) is 25.2 Å². The summed E-state index contributed by atoms with van der Waals surface area (Å²) in [6.45, 7) is 5.39. The van der Waals surface area contributed by atoms with E-state index >= 15 is 0 Å². The molecule has 1 aliphatic carbocycles. The molecule has 1 saturated heterocycles. The highest BCUT2D eigenvalue weighted by atomic mass is 16.1. The van der Waals surface area contributed by atoms with E-state index in [9.17, 15) is 4.79 Å². The minimum Gasteiger partial charge on any atom is -0.367 e. The van der Waals surface area contributed by atoms with Gasteiger partial charge in [-0.05, 0) is 69.7 Å². The van der Waals surface area contributed by atoms with Crippen LogP contribution in [-0.4, -0.2) is 50.6 Å². The van der Waals surface area contributed by atoms with Crippen LogP contribution in [0.4, 0.5) is 5.82 Å². The van der Waals surface area contributed by atoms with Crippen LogP contribution < -0.4 is 10.9 Å². The first-order chi connectivity index (χ1) is 13.7. The number of likely N-dealkylation sites (tertiary alicyclic amines) is 1. The fraction of sp³-hybridized carbons (Fsp3) is 0.619. The number of hydrogen-bond acceptors (Lipinski definition) is 6. The summed E-state index contributed by atoms with van der Waals surface area (Å²) < 4.78 is 1.68. The van der Waals surface area contributed by atoms with Crippen molar-refractivity contribution in [3.05, 3.63) is 45.5 Å². The average molecular weight is 383 g/mol. The molecule has 3 heterocycles. The first kappa shape index (κ1) is 19.1. The molecular formula is C21H30N6O. The molecule has 7 heteroatoms. The van der Waals surface area contributed by atoms with Gasteiger partial charge in [-0.2, -0.15) is 10.2 Å². The molecule has 28 heavy (non-hydrogen) atoms. The molecule has 2 aromatic heterocycles. The quantitative estimate of drug-likeness (QED) is 0.825. The van der Waals surface area contributed by atoms with Gasteiger partial charge in [-0.3, -0.25) is 9.69 Å². The molecule has 0 spiro atoms. The van der Waals surface area contributed by atoms with Gasteiger partial charge in [0.05, 0.1) is 17.9 Å². The second-order valence-electron chi connectivity index (χ2n) is 8.01. The van der Waals surface area contributed by atoms with Crippen molar-refractivity contribution in [1.29, 1.82) is 0 Å². The van der Waals surface area contributed by atoms with Crippen molar-refractivity contribution in [3.8, 4) is 0 Å². The molecule has 2 aliphatic rings. The summed E-state index contributed by atoms with van der Waals surface area (Å²) in [4.78, 5) is 14.9. The lowest BCUT2D eigenvalue weighted by atomic mass is 9.97. The summed E-state index contributed by atoms with van der Waals surface area (Å²) in [5, 5.41) is 16.4. The van der Waals surface area contributed by atoms with Gasteiger partial charge >= 0.3 is 0 Å². The predicted octanol–water partition coefficient (Wildman–Crippen LogP) is 2.19. The molecule has 0 amide bonds. The Kier molecular flexibility index (Phi) is 6.00. The smallest absolute Gasteiger partial charge is 0.267 e. The molecule has 4 rings (SSSR count). The van der Waals surface area contributed by atoms with Gasteiger partial charge in [0.2, 0.25) is 0 Å². The molecule has 2 aromatic rings. The molecule has 0 radical (unpaired) electrons. The van der Waals surface area contributed by atoms with Crippen molar-refractivity contribution in [2.45, 2.75) is 64.5 Å². The molecule has 0 aromatic carbocycles. The van der Waals surface area contributed by atoms with E-state index in [-0.39, 0.29) is 5.56 Å². The van der Waals surface area contributed by atoms with Gasteiger partial charge in [-0.1, -0.05) is 6.42 Å². The lowest BCUT2D eigenvalue weighted by Crippen LogP contribution is -2.45. The Morgan fingerprint density at radius 1 is 1.11 bits per heavy atom. The van der Waals surface area contributed by atoms with Crippen LogP contribution in [-0.2, 0) is 19.4 Å². The number of aromatic nitrogens is 4. The lowest BCUT2D eigenvalue weighted by Gasteiger charge is -2.36. The molecule has 1 fully saturated rings. The second-order valence-corrected chi connectivity index (χ2v) is 8.01. The number of nitrogens with zero attached hydrogens (tertiary/aromatic N) is 5. The van der Waals surface area contributed by atoms with E-state index in [4.69, 9.17) is 0 Å². The van der Waals surface area contributed by atoms with Crippen LogP contribution in [0.25, 0.3) is 0 Å². The second kappa shape index (κ2) is 8.82. The van der Waals surface area contributed by atoms with E-state index in [2.05, 4.69) is 25.5 Å². The minimum absolute atomic E-state index is 0.0438. The van der Waals surface area contributed by atoms with E-state index in [0.29, 0.717) is 12.6 Å². The van der Waals surface area contributed by atoms with Gasteiger partial charge < -0.3 is 5.32 Å². The van der Waals surface area contributed by atoms with Crippen LogP contribution in [0.15, 0.2) is 23.0 Å². The zero-order chi connectivity index (χ0) is 19.3. The Morgan fingerprint density at radius 3 is 2.86 bits per heavy atom. The third kappa shape index (κ3) is 4.58. The molecule has 7 nitrogen and oxygen atoms in total. The Hall–Kier alpha value is -2.28. The Morgan fingerprint density at radius 2 is 2.00 bits per heavy atom. The first-order valence-electron chi connectivity index (χ1n) is 10.6. The van der Waals surface area contributed by atoms with E-state index < -0.39 is 0 Å². The number of nitrogens with one attached hydrogen (secondary N) is 1. The van der Waals surface area contributed by atoms with Gasteiger partial charge in [0.1, 0.15) is 5.82 Å². The highest BCUT2D eigenvalue weighted by molar-refractivity contribution is 5.32. The highest BCUT2D eigenvalue weighted by Crippen LogP contribution is 2.19. The van der Waals surface area contributed by atoms with Gasteiger partial charge in [-0.25, -0.2) is 4.68 Å². The minimum atomic E-state index is 0.0438. The molecule has 1 unspecified atom stereocenters. The highest BCUT2D eigenvalue weighted by Gasteiger charge is 2.22. The van der Waals surface area contributed by atoms with Gasteiger partial charge in [-0.15, -0.1) is 5.10 Å². The van der Waals surface area contributed by atoms with E-state index in [1.165, 1.54) is 32.1 Å². The Bertz CT molecular complexity index is 847. The van der Waals surface area contributed by atoms with Crippen LogP contribution in [0.3, 0.4) is 0 Å². The zero-order valence-electron chi connectivity index (χ0n) is 16.7. The number of piperidine rings is 1. The maximum Gasteiger partial charge on any atom is 0.267 e. The fourth-order valence-corrected chi connectivity index (χ4v) is 4.29. The van der Waals surface area contributed by atoms with Crippen molar-refractivity contribution in [3.63, 3.8) is 0 Å². The van der Waals surface area contributed by atoms with Gasteiger partial charge in [0.25, 0.3) is 5.56 Å². The van der Waals surface area contributed by atoms with Crippen LogP contribution >= 0.6 is 0 Å². The summed E-state index contributed by atoms with van der Waals surface area (Å²) in [5.74, 6) is 0.823. The summed E-state index contributed by atoms with van der Waals surface area (Å²) in [6, 6.07) is 6.21. The molecule has 150 valence electrons. The first-order valence-corrected chi connectivity index (χ1v) is 10.6. The SMILES string of the molecule is Cc1ccc(NCC2CCCCN2CCn2nc3c(cc2=O)CCCC3)nn1. The standard InChI is InChI=1S/C21H30N6O/c1-16-9-10-20(24-23-16)22-15-18-7-4-5-11-26(18)12-13-27-21(28)14-17-6-2-3-8-19(17)25-27/h9-10,14,18H,2-8,11-13,15H2,1H3,(H,22,24). The normalized spacial score (nSPS) is 20.0. The molecule has 1 aliphatic heterocycles. The number of hydrogen-bond donors (Lipinski definition) is 1. The maximum atomic E-state index is 12.4. The number of rotatable bonds is 6. The molecule has 0 bridgehead atoms. The van der Waals surface area contributed by atoms with E-state index in [1.807, 2.05) is 25.1 Å². The molecule has 0 saturated carbocycles. The summed E-state index contributed by atoms with van der Waals surface area (Å²) in [7, 11) is 0. The monoisotopic (exact) mass is 382 g/mol. The molecule has 1 N–H and O–H groups in total. The average Bonchev–Trinajstić information content (AvgIpc) is 2.72. The number of aryl methyl sites for hydroxylation is 3. The van der Waals surface area contributed by atoms with Crippen molar-refractivity contribution < 1.29 is 0 Å². The summed E-state index contributed by atoms with van der Waals surface area (Å²) >= 11 is 0. The van der Waals surface area contributed by atoms with Crippen LogP contribution in [0.2, 0.25) is 0 Å². The largest absolute Gasteiger partial charge is 0.367 e. The Labute approximate surface area is 166 Å². The van der Waals surface area contributed by atoms with Crippen molar-refractivity contribution >= 4 is 5.82 Å². The predicted molar refractivity (Wildman–Crippen MR) is 110 cm³/mol. The van der Waals surface area contributed by atoms with Crippen LogP contribution in [0.5, 0.6) is 0 Å². The molecular weight excluding hydrogens is 352 g/mol. The molecule has 1 atom stereocenters. The fourth-order valence-electron chi connectivity index (χ4n) is 4.29. The zero-order valence-corrected chi connectivity index (χ0v) is 16.7. The van der Waals surface area contributed by atoms with Crippen molar-refractivity contribution in [2.75, 3.05) is 25.0 Å². The van der Waals surface area contributed by atoms with Crippen molar-refractivity contribution in [2.24, 2.45) is 0 Å². The Balaban J connectivity index is 1.37. The summed E-state index contributed by atoms with van der Waals surface area (Å²) in [5.41, 5.74) is 3.25. The maximum absolute atomic E-state index is 12.4. The third-order valence-corrected chi connectivity index (χ3v) is 5.94. The van der Waals surface area contributed by atoms with Crippen LogP contribution in [0, 0.1) is 6.92 Å². The summed E-state index contributed by atoms with van der Waals surface area (Å²) in [6.07, 6.45) is 7.99. The third-order valence-electron chi connectivity index (χ3n) is 5.94. The van der Waals surface area contributed by atoms with Gasteiger partial charge in [0.15, 0.2) is 0 Å². The van der Waals surface area contributed by atoms with Crippen molar-refractivity contribution in [1.82, 2.24) is 24.9 Å². The van der Waals surface area contributed by atoms with E-state index in [1.54, 1.807) is 4.68 Å². The lowest BCUT2D eigenvalue weighted by molar-refractivity contribution is 0.147. The topological polar surface area (TPSA) is 75.9 Å². The number of anilines is 1. The van der Waals surface area contributed by atoms with Crippen LogP contribution in [0.1, 0.15) is 49.1 Å². The number of fused-ring (bicyclic) bond motifs is 1.